The number of rotatable bonds is 4. The molecular formula is C23H18F6N6O3. The molecule has 9 nitrogen and oxygen atoms in total. The SMILES string of the molecule is O=C(Nc1ccc(C(F)(F)F)cn1)Oc1ccc(N2CCN(C(=O)c3ccccc3C(F)(F)F)CC2)nn1. The Bertz CT molecular complexity index is 1290. The smallest absolute Gasteiger partial charge is 0.389 e. The van der Waals surface area contributed by atoms with Gasteiger partial charge in [0.25, 0.3) is 5.91 Å². The number of hydrogen-bond acceptors (Lipinski definition) is 7. The van der Waals surface area contributed by atoms with E-state index in [4.69, 9.17) is 4.74 Å². The third kappa shape index (κ3) is 6.27. The number of carbonyl (C=O) groups excluding carboxylic acids is 2. The van der Waals surface area contributed by atoms with Gasteiger partial charge >= 0.3 is 18.4 Å². The second kappa shape index (κ2) is 10.5. The van der Waals surface area contributed by atoms with E-state index >= 15 is 0 Å². The van der Waals surface area contributed by atoms with E-state index in [9.17, 15) is 35.9 Å². The maximum atomic E-state index is 13.3. The Morgan fingerprint density at radius 2 is 1.55 bits per heavy atom. The van der Waals surface area contributed by atoms with Crippen LogP contribution in [0.25, 0.3) is 0 Å². The van der Waals surface area contributed by atoms with Crippen molar-refractivity contribution in [2.24, 2.45) is 0 Å². The molecule has 1 N–H and O–H groups in total. The van der Waals surface area contributed by atoms with E-state index in [2.05, 4.69) is 20.5 Å². The minimum absolute atomic E-state index is 0.146. The van der Waals surface area contributed by atoms with Crippen LogP contribution >= 0.6 is 0 Å². The third-order valence-electron chi connectivity index (χ3n) is 5.50. The van der Waals surface area contributed by atoms with E-state index in [1.54, 1.807) is 4.90 Å². The van der Waals surface area contributed by atoms with Crippen molar-refractivity contribution in [3.63, 3.8) is 0 Å². The summed E-state index contributed by atoms with van der Waals surface area (Å²) in [5.41, 5.74) is -2.39. The zero-order valence-corrected chi connectivity index (χ0v) is 19.3. The predicted octanol–water partition coefficient (Wildman–Crippen LogP) is 4.48. The molecule has 3 aromatic rings. The van der Waals surface area contributed by atoms with Crippen LogP contribution in [0.3, 0.4) is 0 Å². The number of nitrogens with one attached hydrogen (secondary N) is 1. The Balaban J connectivity index is 1.31. The van der Waals surface area contributed by atoms with Crippen molar-refractivity contribution in [1.82, 2.24) is 20.1 Å². The number of halogens is 6. The zero-order valence-electron chi connectivity index (χ0n) is 19.3. The third-order valence-corrected chi connectivity index (χ3v) is 5.50. The first kappa shape index (κ1) is 26.6. The number of piperazine rings is 1. The minimum Gasteiger partial charge on any atom is -0.389 e. The molecule has 4 rings (SSSR count). The van der Waals surface area contributed by atoms with Gasteiger partial charge in [-0.2, -0.15) is 26.3 Å². The van der Waals surface area contributed by atoms with Crippen molar-refractivity contribution >= 4 is 23.6 Å². The summed E-state index contributed by atoms with van der Waals surface area (Å²) >= 11 is 0. The van der Waals surface area contributed by atoms with Crippen molar-refractivity contribution < 1.29 is 40.7 Å². The van der Waals surface area contributed by atoms with Crippen molar-refractivity contribution in [2.45, 2.75) is 12.4 Å². The van der Waals surface area contributed by atoms with E-state index in [0.29, 0.717) is 12.0 Å². The van der Waals surface area contributed by atoms with Crippen molar-refractivity contribution in [1.29, 1.82) is 0 Å². The number of carbonyl (C=O) groups is 2. The highest BCUT2D eigenvalue weighted by molar-refractivity contribution is 5.96. The van der Waals surface area contributed by atoms with Crippen LogP contribution in [0.15, 0.2) is 54.7 Å². The number of pyridine rings is 1. The maximum absolute atomic E-state index is 13.3. The van der Waals surface area contributed by atoms with E-state index < -0.39 is 41.0 Å². The molecule has 0 unspecified atom stereocenters. The van der Waals surface area contributed by atoms with Crippen LogP contribution in [-0.4, -0.2) is 58.3 Å². The van der Waals surface area contributed by atoms with E-state index in [1.807, 2.05) is 0 Å². The van der Waals surface area contributed by atoms with Gasteiger partial charge < -0.3 is 14.5 Å². The summed E-state index contributed by atoms with van der Waals surface area (Å²) in [4.78, 5) is 31.3. The molecule has 2 aromatic heterocycles. The molecular weight excluding hydrogens is 522 g/mol. The quantitative estimate of drug-likeness (QED) is 0.487. The summed E-state index contributed by atoms with van der Waals surface area (Å²) < 4.78 is 82.5. The topological polar surface area (TPSA) is 101 Å². The Morgan fingerprint density at radius 3 is 2.13 bits per heavy atom. The lowest BCUT2D eigenvalue weighted by Gasteiger charge is -2.35. The number of benzene rings is 1. The Morgan fingerprint density at radius 1 is 0.842 bits per heavy atom. The molecule has 0 radical (unpaired) electrons. The molecule has 2 amide bonds. The lowest BCUT2D eigenvalue weighted by molar-refractivity contribution is -0.138. The number of aromatic nitrogens is 3. The van der Waals surface area contributed by atoms with Gasteiger partial charge in [-0.05, 0) is 30.3 Å². The molecule has 1 fully saturated rings. The van der Waals surface area contributed by atoms with Gasteiger partial charge in [-0.25, -0.2) is 9.78 Å². The first-order valence-corrected chi connectivity index (χ1v) is 11.0. The lowest BCUT2D eigenvalue weighted by Crippen LogP contribution is -2.49. The first-order chi connectivity index (χ1) is 17.9. The van der Waals surface area contributed by atoms with Gasteiger partial charge in [0, 0.05) is 38.4 Å². The van der Waals surface area contributed by atoms with Crippen LogP contribution < -0.4 is 15.0 Å². The largest absolute Gasteiger partial charge is 0.419 e. The fraction of sp³-hybridized carbons (Fsp3) is 0.261. The molecule has 200 valence electrons. The second-order valence-electron chi connectivity index (χ2n) is 8.00. The molecule has 3 heterocycles. The normalized spacial score (nSPS) is 14.3. The van der Waals surface area contributed by atoms with Gasteiger partial charge in [0.1, 0.15) is 5.82 Å². The van der Waals surface area contributed by atoms with Gasteiger partial charge in [-0.3, -0.25) is 10.1 Å². The Kier molecular flexibility index (Phi) is 7.37. The Labute approximate surface area is 211 Å². The molecule has 1 saturated heterocycles. The van der Waals surface area contributed by atoms with E-state index in [-0.39, 0.29) is 37.9 Å². The highest BCUT2D eigenvalue weighted by Crippen LogP contribution is 2.33. The first-order valence-electron chi connectivity index (χ1n) is 11.0. The molecule has 1 aliphatic rings. The van der Waals surface area contributed by atoms with Gasteiger partial charge in [0.2, 0.25) is 5.88 Å². The fourth-order valence-corrected chi connectivity index (χ4v) is 3.62. The zero-order chi connectivity index (χ0) is 27.5. The van der Waals surface area contributed by atoms with E-state index in [1.165, 1.54) is 29.2 Å². The minimum atomic E-state index is -4.65. The van der Waals surface area contributed by atoms with Crippen molar-refractivity contribution in [3.8, 4) is 5.88 Å². The van der Waals surface area contributed by atoms with Crippen LogP contribution in [-0.2, 0) is 12.4 Å². The van der Waals surface area contributed by atoms with Crippen LogP contribution in [0, 0.1) is 0 Å². The molecule has 1 aliphatic heterocycles. The van der Waals surface area contributed by atoms with Crippen LogP contribution in [0.4, 0.5) is 42.8 Å². The van der Waals surface area contributed by atoms with Crippen molar-refractivity contribution in [2.75, 3.05) is 36.4 Å². The van der Waals surface area contributed by atoms with Crippen LogP contribution in [0.5, 0.6) is 5.88 Å². The number of alkyl halides is 6. The molecule has 1 aromatic carbocycles. The summed E-state index contributed by atoms with van der Waals surface area (Å²) in [6, 6.07) is 9.14. The highest BCUT2D eigenvalue weighted by atomic mass is 19.4. The average Bonchev–Trinajstić information content (AvgIpc) is 2.88. The van der Waals surface area contributed by atoms with Gasteiger partial charge in [-0.15, -0.1) is 10.2 Å². The molecule has 15 heteroatoms. The van der Waals surface area contributed by atoms with Crippen LogP contribution in [0.2, 0.25) is 0 Å². The maximum Gasteiger partial charge on any atom is 0.419 e. The number of hydrogen-bond donors (Lipinski definition) is 1. The summed E-state index contributed by atoms with van der Waals surface area (Å²) in [6.45, 7) is 0.838. The van der Waals surface area contributed by atoms with Crippen LogP contribution in [0.1, 0.15) is 21.5 Å². The fourth-order valence-electron chi connectivity index (χ4n) is 3.62. The highest BCUT2D eigenvalue weighted by Gasteiger charge is 2.36. The van der Waals surface area contributed by atoms with E-state index in [0.717, 1.165) is 24.3 Å². The number of ether oxygens (including phenoxy) is 1. The summed E-state index contributed by atoms with van der Waals surface area (Å²) in [7, 11) is 0. The molecule has 0 atom stereocenters. The predicted molar refractivity (Wildman–Crippen MR) is 120 cm³/mol. The number of amides is 2. The van der Waals surface area contributed by atoms with Gasteiger partial charge in [0.15, 0.2) is 5.82 Å². The Hall–Kier alpha value is -4.43. The molecule has 0 aliphatic carbocycles. The molecule has 0 saturated carbocycles. The monoisotopic (exact) mass is 540 g/mol. The van der Waals surface area contributed by atoms with Crippen molar-refractivity contribution in [3.05, 3.63) is 71.4 Å². The standard InChI is InChI=1S/C23H18F6N6O3/c24-22(25,26)14-5-6-17(30-13-14)31-21(37)38-19-8-7-18(32-33-19)34-9-11-35(12-10-34)20(36)15-3-1-2-4-16(15)23(27,28)29/h1-8,13H,9-12H2,(H,30,31,37). The molecule has 38 heavy (non-hydrogen) atoms. The summed E-state index contributed by atoms with van der Waals surface area (Å²) in [5.74, 6) is -0.709. The number of anilines is 2. The summed E-state index contributed by atoms with van der Waals surface area (Å²) in [5, 5.41) is 9.89. The van der Waals surface area contributed by atoms with Gasteiger partial charge in [0.05, 0.1) is 16.7 Å². The lowest BCUT2D eigenvalue weighted by atomic mass is 10.1. The average molecular weight is 540 g/mol. The molecule has 0 spiro atoms. The number of nitrogens with zero attached hydrogens (tertiary/aromatic N) is 5. The molecule has 0 bridgehead atoms. The summed E-state index contributed by atoms with van der Waals surface area (Å²) in [6.07, 6.45) is -9.71. The second-order valence-corrected chi connectivity index (χ2v) is 8.00. The van der Waals surface area contributed by atoms with Gasteiger partial charge in [-0.1, -0.05) is 12.1 Å².